The van der Waals surface area contributed by atoms with Crippen LogP contribution in [0.5, 0.6) is 11.5 Å². The Morgan fingerprint density at radius 3 is 2.54 bits per heavy atom. The first-order chi connectivity index (χ1) is 11.8. The van der Waals surface area contributed by atoms with Crippen LogP contribution in [-0.2, 0) is 11.5 Å². The van der Waals surface area contributed by atoms with Crippen LogP contribution in [0, 0.1) is 0 Å². The lowest BCUT2D eigenvalue weighted by Gasteiger charge is -2.09. The number of anilines is 2. The van der Waals surface area contributed by atoms with Gasteiger partial charge in [0.05, 0.1) is 5.69 Å². The van der Waals surface area contributed by atoms with Gasteiger partial charge in [-0.15, -0.1) is 0 Å². The number of H-pyrrole nitrogens is 1. The van der Waals surface area contributed by atoms with Crippen molar-refractivity contribution in [3.8, 4) is 11.5 Å². The maximum absolute atomic E-state index is 12.0. The Kier molecular flexibility index (Phi) is 3.96. The lowest BCUT2D eigenvalue weighted by Crippen LogP contribution is -2.16. The molecule has 24 heavy (non-hydrogen) atoms. The zero-order chi connectivity index (χ0) is 16.4. The second kappa shape index (κ2) is 6.41. The molecule has 120 valence electrons. The van der Waals surface area contributed by atoms with Crippen LogP contribution in [0.15, 0.2) is 59.4 Å². The third kappa shape index (κ3) is 3.14. The molecule has 0 bridgehead atoms. The van der Waals surface area contributed by atoms with Gasteiger partial charge < -0.3 is 10.1 Å². The zero-order valence-electron chi connectivity index (χ0n) is 12.8. The highest BCUT2D eigenvalue weighted by Gasteiger charge is 2.17. The van der Waals surface area contributed by atoms with Gasteiger partial charge >= 0.3 is 0 Å². The molecule has 0 spiro atoms. The van der Waals surface area contributed by atoms with Crippen molar-refractivity contribution >= 4 is 23.4 Å². The van der Waals surface area contributed by atoms with Crippen molar-refractivity contribution in [2.45, 2.75) is 11.5 Å². The number of nitrogens with one attached hydrogen (secondary N) is 2. The number of hydrogen-bond acceptors (Lipinski definition) is 5. The molecule has 0 amide bonds. The van der Waals surface area contributed by atoms with Crippen LogP contribution in [0.2, 0.25) is 0 Å². The van der Waals surface area contributed by atoms with E-state index in [1.54, 1.807) is 11.8 Å². The molecule has 2 heterocycles. The molecule has 3 aromatic rings. The lowest BCUT2D eigenvalue weighted by atomic mass is 10.3. The monoisotopic (exact) mass is 337 g/mol. The molecule has 2 N–H and O–H groups in total. The van der Waals surface area contributed by atoms with E-state index in [1.165, 1.54) is 0 Å². The SMILES string of the molecule is O=c1[nH]c(Nc2ccc(Oc3ccccc3)cc2)nc2c1CSC2. The molecule has 0 aliphatic carbocycles. The Hall–Kier alpha value is -2.73. The van der Waals surface area contributed by atoms with Crippen molar-refractivity contribution in [2.75, 3.05) is 5.32 Å². The Morgan fingerprint density at radius 1 is 1.00 bits per heavy atom. The van der Waals surface area contributed by atoms with Crippen molar-refractivity contribution in [3.05, 3.63) is 76.2 Å². The van der Waals surface area contributed by atoms with E-state index < -0.39 is 0 Å². The summed E-state index contributed by atoms with van der Waals surface area (Å²) in [6, 6.07) is 17.1. The van der Waals surface area contributed by atoms with Crippen LogP contribution in [0.4, 0.5) is 11.6 Å². The summed E-state index contributed by atoms with van der Waals surface area (Å²) in [4.78, 5) is 19.3. The van der Waals surface area contributed by atoms with Gasteiger partial charge in [0.2, 0.25) is 5.95 Å². The molecular weight excluding hydrogens is 322 g/mol. The van der Waals surface area contributed by atoms with E-state index in [-0.39, 0.29) is 5.56 Å². The highest BCUT2D eigenvalue weighted by molar-refractivity contribution is 7.98. The molecule has 6 heteroatoms. The second-order valence-electron chi connectivity index (χ2n) is 5.40. The topological polar surface area (TPSA) is 67.0 Å². The summed E-state index contributed by atoms with van der Waals surface area (Å²) in [6.07, 6.45) is 0. The Bertz CT molecular complexity index is 908. The smallest absolute Gasteiger partial charge is 0.256 e. The molecule has 2 aromatic carbocycles. The van der Waals surface area contributed by atoms with Gasteiger partial charge in [-0.3, -0.25) is 9.78 Å². The van der Waals surface area contributed by atoms with Crippen molar-refractivity contribution < 1.29 is 4.74 Å². The summed E-state index contributed by atoms with van der Waals surface area (Å²) < 4.78 is 5.76. The molecule has 1 aromatic heterocycles. The highest BCUT2D eigenvalue weighted by Crippen LogP contribution is 2.27. The second-order valence-corrected chi connectivity index (χ2v) is 6.38. The molecule has 1 aliphatic heterocycles. The quantitative estimate of drug-likeness (QED) is 0.752. The number of aromatic nitrogens is 2. The molecule has 0 radical (unpaired) electrons. The van der Waals surface area contributed by atoms with E-state index in [9.17, 15) is 4.79 Å². The third-order valence-electron chi connectivity index (χ3n) is 3.68. The fourth-order valence-corrected chi connectivity index (χ4v) is 3.53. The van der Waals surface area contributed by atoms with Crippen molar-refractivity contribution in [3.63, 3.8) is 0 Å². The molecule has 0 saturated carbocycles. The van der Waals surface area contributed by atoms with Crippen molar-refractivity contribution in [1.29, 1.82) is 0 Å². The largest absolute Gasteiger partial charge is 0.457 e. The molecule has 0 saturated heterocycles. The van der Waals surface area contributed by atoms with Gasteiger partial charge in [0, 0.05) is 22.8 Å². The van der Waals surface area contributed by atoms with E-state index in [2.05, 4.69) is 15.3 Å². The Balaban J connectivity index is 1.50. The number of benzene rings is 2. The summed E-state index contributed by atoms with van der Waals surface area (Å²) in [5.74, 6) is 3.54. The van der Waals surface area contributed by atoms with Gasteiger partial charge in [-0.1, -0.05) is 18.2 Å². The standard InChI is InChI=1S/C18H15N3O2S/c22-17-15-10-24-11-16(15)20-18(21-17)19-12-6-8-14(9-7-12)23-13-4-2-1-3-5-13/h1-9H,10-11H2,(H2,19,20,21,22). The highest BCUT2D eigenvalue weighted by atomic mass is 32.2. The number of nitrogens with zero attached hydrogens (tertiary/aromatic N) is 1. The minimum absolute atomic E-state index is 0.0588. The van der Waals surface area contributed by atoms with Gasteiger partial charge in [-0.2, -0.15) is 11.8 Å². The first kappa shape index (κ1) is 14.8. The lowest BCUT2D eigenvalue weighted by molar-refractivity contribution is 0.483. The Morgan fingerprint density at radius 2 is 1.75 bits per heavy atom. The molecule has 5 nitrogen and oxygen atoms in total. The van der Waals surface area contributed by atoms with Crippen LogP contribution in [-0.4, -0.2) is 9.97 Å². The summed E-state index contributed by atoms with van der Waals surface area (Å²) in [6.45, 7) is 0. The molecular formula is C18H15N3O2S. The summed E-state index contributed by atoms with van der Waals surface area (Å²) >= 11 is 1.71. The molecule has 0 atom stereocenters. The van der Waals surface area contributed by atoms with Crippen LogP contribution >= 0.6 is 11.8 Å². The van der Waals surface area contributed by atoms with Gasteiger partial charge in [0.15, 0.2) is 0 Å². The van der Waals surface area contributed by atoms with E-state index in [0.29, 0.717) is 5.95 Å². The van der Waals surface area contributed by atoms with Crippen LogP contribution in [0.1, 0.15) is 11.3 Å². The first-order valence-corrected chi connectivity index (χ1v) is 8.73. The normalized spacial score (nSPS) is 12.7. The van der Waals surface area contributed by atoms with Gasteiger partial charge in [-0.25, -0.2) is 4.98 Å². The van der Waals surface area contributed by atoms with E-state index in [1.807, 2.05) is 54.6 Å². The predicted octanol–water partition coefficient (Wildman–Crippen LogP) is 4.05. The maximum Gasteiger partial charge on any atom is 0.256 e. The minimum Gasteiger partial charge on any atom is -0.457 e. The average Bonchev–Trinajstić information content (AvgIpc) is 3.07. The number of ether oxygens (including phenoxy) is 1. The van der Waals surface area contributed by atoms with Gasteiger partial charge in [-0.05, 0) is 36.4 Å². The number of thioether (sulfide) groups is 1. The van der Waals surface area contributed by atoms with Gasteiger partial charge in [0.1, 0.15) is 11.5 Å². The predicted molar refractivity (Wildman–Crippen MR) is 96.1 cm³/mol. The molecule has 1 aliphatic rings. The first-order valence-electron chi connectivity index (χ1n) is 7.58. The average molecular weight is 337 g/mol. The minimum atomic E-state index is -0.0588. The van der Waals surface area contributed by atoms with E-state index in [4.69, 9.17) is 4.74 Å². The van der Waals surface area contributed by atoms with Crippen LogP contribution < -0.4 is 15.6 Å². The number of para-hydroxylation sites is 1. The Labute approximate surface area is 143 Å². The fraction of sp³-hybridized carbons (Fsp3) is 0.111. The zero-order valence-corrected chi connectivity index (χ0v) is 13.6. The number of hydrogen-bond donors (Lipinski definition) is 2. The number of aromatic amines is 1. The van der Waals surface area contributed by atoms with Crippen molar-refractivity contribution in [1.82, 2.24) is 9.97 Å². The summed E-state index contributed by atoms with van der Waals surface area (Å²) in [7, 11) is 0. The van der Waals surface area contributed by atoms with E-state index >= 15 is 0 Å². The third-order valence-corrected chi connectivity index (χ3v) is 4.65. The van der Waals surface area contributed by atoms with E-state index in [0.717, 1.165) is 39.9 Å². The summed E-state index contributed by atoms with van der Waals surface area (Å²) in [5.41, 5.74) is 2.44. The maximum atomic E-state index is 12.0. The number of rotatable bonds is 4. The van der Waals surface area contributed by atoms with Crippen molar-refractivity contribution in [2.24, 2.45) is 0 Å². The van der Waals surface area contributed by atoms with Gasteiger partial charge in [0.25, 0.3) is 5.56 Å². The fourth-order valence-electron chi connectivity index (χ4n) is 2.49. The molecule has 0 fully saturated rings. The van der Waals surface area contributed by atoms with Crippen LogP contribution in [0.3, 0.4) is 0 Å². The van der Waals surface area contributed by atoms with Crippen LogP contribution in [0.25, 0.3) is 0 Å². The summed E-state index contributed by atoms with van der Waals surface area (Å²) in [5, 5.41) is 3.13. The molecule has 0 unspecified atom stereocenters. The number of fused-ring (bicyclic) bond motifs is 1. The molecule has 4 rings (SSSR count).